The van der Waals surface area contributed by atoms with E-state index in [-0.39, 0.29) is 0 Å². The molecule has 2 aromatic rings. The molecule has 4 nitrogen and oxygen atoms in total. The van der Waals surface area contributed by atoms with Crippen molar-refractivity contribution in [2.45, 2.75) is 18.2 Å². The first-order valence-electron chi connectivity index (χ1n) is 4.90. The van der Waals surface area contributed by atoms with E-state index in [2.05, 4.69) is 9.97 Å². The summed E-state index contributed by atoms with van der Waals surface area (Å²) in [7, 11) is 1.78. The third-order valence-electron chi connectivity index (χ3n) is 2.53. The Balaban J connectivity index is 2.90. The minimum Gasteiger partial charge on any atom is -0.389 e. The fourth-order valence-electron chi connectivity index (χ4n) is 1.73. The van der Waals surface area contributed by atoms with E-state index in [4.69, 9.17) is 23.2 Å². The molecule has 7 heteroatoms. The summed E-state index contributed by atoms with van der Waals surface area (Å²) < 4.78 is 1.70. The highest BCUT2D eigenvalue weighted by Crippen LogP contribution is 2.36. The highest BCUT2D eigenvalue weighted by Gasteiger charge is 2.22. The zero-order valence-corrected chi connectivity index (χ0v) is 11.9. The van der Waals surface area contributed by atoms with Gasteiger partial charge >= 0.3 is 0 Å². The maximum Gasteiger partial charge on any atom is 0.190 e. The van der Waals surface area contributed by atoms with Gasteiger partial charge < -0.3 is 9.67 Å². The number of fused-ring (bicyclic) bond motifs is 1. The van der Waals surface area contributed by atoms with Gasteiger partial charge in [0.05, 0.1) is 11.5 Å². The zero-order valence-electron chi connectivity index (χ0n) is 9.53. The number of aromatic nitrogens is 3. The van der Waals surface area contributed by atoms with E-state index in [1.54, 1.807) is 18.5 Å². The highest BCUT2D eigenvalue weighted by atomic mass is 35.5. The predicted octanol–water partition coefficient (Wildman–Crippen LogP) is 3.05. The maximum atomic E-state index is 9.75. The quantitative estimate of drug-likeness (QED) is 0.525. The summed E-state index contributed by atoms with van der Waals surface area (Å²) in [6.07, 6.45) is 1.16. The number of aryl methyl sites for hydroxylation is 1. The highest BCUT2D eigenvalue weighted by molar-refractivity contribution is 7.98. The molecule has 92 valence electrons. The van der Waals surface area contributed by atoms with Crippen LogP contribution in [0.4, 0.5) is 0 Å². The smallest absolute Gasteiger partial charge is 0.190 e. The van der Waals surface area contributed by atoms with Gasteiger partial charge in [0.15, 0.2) is 5.16 Å². The molecular weight excluding hydrogens is 281 g/mol. The summed E-state index contributed by atoms with van der Waals surface area (Å²) in [5, 5.41) is 11.7. The number of thioether (sulfide) groups is 1. The minimum absolute atomic E-state index is 0.317. The largest absolute Gasteiger partial charge is 0.389 e. The van der Waals surface area contributed by atoms with Crippen LogP contribution in [0.3, 0.4) is 0 Å². The molecule has 0 aliphatic heterocycles. The summed E-state index contributed by atoms with van der Waals surface area (Å²) in [5.74, 6) is 0. The zero-order chi connectivity index (χ0) is 12.7. The van der Waals surface area contributed by atoms with Gasteiger partial charge in [0.2, 0.25) is 0 Å². The van der Waals surface area contributed by atoms with E-state index >= 15 is 0 Å². The molecule has 0 aliphatic rings. The fourth-order valence-corrected chi connectivity index (χ4v) is 2.74. The molecule has 1 atom stereocenters. The molecule has 0 saturated carbocycles. The van der Waals surface area contributed by atoms with Crippen LogP contribution in [-0.4, -0.2) is 25.9 Å². The van der Waals surface area contributed by atoms with E-state index in [1.165, 1.54) is 11.8 Å². The Labute approximate surface area is 113 Å². The topological polar surface area (TPSA) is 50.9 Å². The third kappa shape index (κ3) is 2.01. The number of hydrogen-bond acceptors (Lipinski definition) is 4. The first kappa shape index (κ1) is 13.0. The Morgan fingerprint density at radius 2 is 2.00 bits per heavy atom. The minimum atomic E-state index is -0.715. The first-order chi connectivity index (χ1) is 7.97. The predicted molar refractivity (Wildman–Crippen MR) is 70.9 cm³/mol. The van der Waals surface area contributed by atoms with Gasteiger partial charge in [-0.2, -0.15) is 0 Å². The van der Waals surface area contributed by atoms with Gasteiger partial charge in [-0.05, 0) is 13.2 Å². The van der Waals surface area contributed by atoms with Crippen molar-refractivity contribution in [2.24, 2.45) is 7.05 Å². The lowest BCUT2D eigenvalue weighted by Gasteiger charge is -2.04. The lowest BCUT2D eigenvalue weighted by Crippen LogP contribution is -1.93. The second kappa shape index (κ2) is 4.65. The molecule has 2 aromatic heterocycles. The van der Waals surface area contributed by atoms with Gasteiger partial charge in [0, 0.05) is 12.6 Å². The van der Waals surface area contributed by atoms with E-state index in [0.29, 0.717) is 32.1 Å². The van der Waals surface area contributed by atoms with Crippen LogP contribution in [0.1, 0.15) is 18.6 Å². The molecule has 0 amide bonds. The number of aliphatic hydroxyl groups excluding tert-OH is 1. The van der Waals surface area contributed by atoms with Crippen molar-refractivity contribution in [1.82, 2.24) is 14.5 Å². The molecule has 0 aliphatic carbocycles. The maximum absolute atomic E-state index is 9.75. The average molecular weight is 292 g/mol. The van der Waals surface area contributed by atoms with Crippen molar-refractivity contribution in [3.8, 4) is 0 Å². The Bertz CT molecular complexity index is 583. The summed E-state index contributed by atoms with van der Waals surface area (Å²) in [4.78, 5) is 8.50. The van der Waals surface area contributed by atoms with E-state index in [9.17, 15) is 5.11 Å². The Hall–Kier alpha value is -0.490. The Kier molecular flexibility index (Phi) is 3.54. The van der Waals surface area contributed by atoms with Gasteiger partial charge in [-0.3, -0.25) is 0 Å². The fraction of sp³-hybridized carbons (Fsp3) is 0.400. The lowest BCUT2D eigenvalue weighted by molar-refractivity contribution is 0.201. The van der Waals surface area contributed by atoms with Gasteiger partial charge in [-0.25, -0.2) is 9.97 Å². The molecule has 17 heavy (non-hydrogen) atoms. The molecule has 0 radical (unpaired) electrons. The number of hydrogen-bond donors (Lipinski definition) is 1. The number of aliphatic hydroxyl groups is 1. The van der Waals surface area contributed by atoms with Gasteiger partial charge in [-0.1, -0.05) is 35.0 Å². The van der Waals surface area contributed by atoms with E-state index < -0.39 is 6.10 Å². The van der Waals surface area contributed by atoms with Crippen LogP contribution in [0.2, 0.25) is 10.3 Å². The van der Waals surface area contributed by atoms with Crippen LogP contribution in [-0.2, 0) is 7.05 Å². The average Bonchev–Trinajstić information content (AvgIpc) is 2.53. The second-order valence-electron chi connectivity index (χ2n) is 3.64. The lowest BCUT2D eigenvalue weighted by atomic mass is 10.1. The summed E-state index contributed by atoms with van der Waals surface area (Å²) in [5.41, 5.74) is 1.21. The number of halogens is 2. The monoisotopic (exact) mass is 291 g/mol. The van der Waals surface area contributed by atoms with E-state index in [1.807, 2.05) is 6.26 Å². The molecule has 1 N–H and O–H groups in total. The van der Waals surface area contributed by atoms with Crippen molar-refractivity contribution in [3.05, 3.63) is 15.9 Å². The van der Waals surface area contributed by atoms with Crippen molar-refractivity contribution < 1.29 is 5.11 Å². The van der Waals surface area contributed by atoms with Crippen LogP contribution < -0.4 is 0 Å². The first-order valence-corrected chi connectivity index (χ1v) is 6.88. The molecule has 0 aromatic carbocycles. The van der Waals surface area contributed by atoms with Crippen LogP contribution in [0.15, 0.2) is 5.16 Å². The molecule has 0 saturated heterocycles. The van der Waals surface area contributed by atoms with Crippen molar-refractivity contribution in [3.63, 3.8) is 0 Å². The molecule has 2 heterocycles. The third-order valence-corrected chi connectivity index (χ3v) is 3.81. The normalized spacial score (nSPS) is 13.3. The summed E-state index contributed by atoms with van der Waals surface area (Å²) >= 11 is 13.7. The number of nitrogens with zero attached hydrogens (tertiary/aromatic N) is 3. The van der Waals surface area contributed by atoms with Crippen LogP contribution >= 0.6 is 35.0 Å². The number of rotatable bonds is 2. The SMILES string of the molecule is CSc1nc(Cl)c2c(C(C)O)c(Cl)n(C)c2n1. The molecule has 0 fully saturated rings. The van der Waals surface area contributed by atoms with E-state index in [0.717, 1.165) is 0 Å². The Morgan fingerprint density at radius 3 is 2.53 bits per heavy atom. The molecule has 0 spiro atoms. The molecule has 0 bridgehead atoms. The van der Waals surface area contributed by atoms with Crippen LogP contribution in [0.25, 0.3) is 11.0 Å². The van der Waals surface area contributed by atoms with Gasteiger partial charge in [0.25, 0.3) is 0 Å². The van der Waals surface area contributed by atoms with Crippen molar-refractivity contribution in [2.75, 3.05) is 6.26 Å². The summed E-state index contributed by atoms with van der Waals surface area (Å²) in [6.45, 7) is 1.64. The molecule has 1 unspecified atom stereocenters. The van der Waals surface area contributed by atoms with Crippen molar-refractivity contribution in [1.29, 1.82) is 0 Å². The summed E-state index contributed by atoms with van der Waals surface area (Å²) in [6, 6.07) is 0. The standard InChI is InChI=1S/C10H11Cl2N3OS/c1-4(16)5-6-7(11)13-10(17-3)14-9(6)15(2)8(5)12/h4,16H,1-3H3. The van der Waals surface area contributed by atoms with Gasteiger partial charge in [0.1, 0.15) is 16.0 Å². The molecule has 2 rings (SSSR count). The van der Waals surface area contributed by atoms with Crippen LogP contribution in [0.5, 0.6) is 0 Å². The Morgan fingerprint density at radius 1 is 1.35 bits per heavy atom. The molecular formula is C10H11Cl2N3OS. The van der Waals surface area contributed by atoms with Gasteiger partial charge in [-0.15, -0.1) is 0 Å². The second-order valence-corrected chi connectivity index (χ2v) is 5.13. The van der Waals surface area contributed by atoms with Crippen LogP contribution in [0, 0.1) is 0 Å². The van der Waals surface area contributed by atoms with Crippen molar-refractivity contribution >= 4 is 46.0 Å².